The molecule has 0 aromatic carbocycles. The van der Waals surface area contributed by atoms with Gasteiger partial charge >= 0.3 is 0 Å². The molecule has 2 aliphatic heterocycles. The Kier molecular flexibility index (Phi) is 6.95. The van der Waals surface area contributed by atoms with Gasteiger partial charge in [-0.05, 0) is 14.1 Å². The molecule has 3 atom stereocenters. The molecule has 35 heavy (non-hydrogen) atoms. The van der Waals surface area contributed by atoms with E-state index in [9.17, 15) is 19.5 Å². The number of nitrogens with two attached hydrogens (primary N) is 1. The molecule has 0 spiro atoms. The first-order chi connectivity index (χ1) is 16.7. The lowest BCUT2D eigenvalue weighted by Gasteiger charge is -2.51. The highest BCUT2D eigenvalue weighted by Crippen LogP contribution is 2.42. The summed E-state index contributed by atoms with van der Waals surface area (Å²) in [6, 6.07) is -0.993. The molecule has 2 aliphatic rings. The summed E-state index contributed by atoms with van der Waals surface area (Å²) in [5.41, 5.74) is 5.59. The fourth-order valence-electron chi connectivity index (χ4n) is 3.90. The smallest absolute Gasteiger partial charge is 0.278 e. The summed E-state index contributed by atoms with van der Waals surface area (Å²) in [6.07, 6.45) is 6.08. The average molecular weight is 520 g/mol. The molecule has 0 bridgehead atoms. The van der Waals surface area contributed by atoms with Gasteiger partial charge in [0.25, 0.3) is 11.8 Å². The highest BCUT2D eigenvalue weighted by Gasteiger charge is 2.54. The number of β-lactam (4-membered cyclic amide) rings is 1. The predicted molar refractivity (Wildman–Crippen MR) is 122 cm³/mol. The second-order valence-corrected chi connectivity index (χ2v) is 9.52. The molecule has 1 saturated heterocycles. The highest BCUT2D eigenvalue weighted by molar-refractivity contribution is 8.00. The summed E-state index contributed by atoms with van der Waals surface area (Å²) in [6.45, 7) is 0. The molecule has 1 fully saturated rings. The lowest BCUT2D eigenvalue weighted by atomic mass is 10.0. The van der Waals surface area contributed by atoms with E-state index in [0.717, 1.165) is 16.4 Å². The molecule has 2 aromatic rings. The van der Waals surface area contributed by atoms with Crippen LogP contribution in [-0.2, 0) is 19.2 Å². The summed E-state index contributed by atoms with van der Waals surface area (Å²) in [5, 5.41) is 17.9. The van der Waals surface area contributed by atoms with Gasteiger partial charge < -0.3 is 25.8 Å². The second kappa shape index (κ2) is 9.93. The molecule has 3 N–H and O–H groups in total. The third kappa shape index (κ3) is 4.54. The number of thioether (sulfide) groups is 1. The quantitative estimate of drug-likeness (QED) is 0.160. The molecule has 0 aliphatic carbocycles. The zero-order valence-electron chi connectivity index (χ0n) is 18.8. The van der Waals surface area contributed by atoms with Gasteiger partial charge in [0.15, 0.2) is 17.5 Å². The number of nitrogens with zero attached hydrogens (tertiary/aromatic N) is 7. The SMILES string of the molecule is CO/N=C(\C(=O)NC1C(=O)N2C(C(=O)[O-])=C(C(N(C)C)[n+]3ccncc3)CS[C@H]12)c1nsc(N)n1. The fraction of sp³-hybridized carbons (Fsp3) is 0.368. The van der Waals surface area contributed by atoms with Crippen molar-refractivity contribution in [2.45, 2.75) is 17.6 Å². The molecule has 0 radical (unpaired) electrons. The van der Waals surface area contributed by atoms with Crippen LogP contribution in [0, 0.1) is 0 Å². The van der Waals surface area contributed by atoms with Crippen molar-refractivity contribution >= 4 is 51.9 Å². The molecule has 16 heteroatoms. The average Bonchev–Trinajstić information content (AvgIpc) is 3.26. The minimum Gasteiger partial charge on any atom is -0.543 e. The Morgan fingerprint density at radius 2 is 2.11 bits per heavy atom. The van der Waals surface area contributed by atoms with Crippen LogP contribution in [0.2, 0.25) is 0 Å². The van der Waals surface area contributed by atoms with E-state index < -0.39 is 35.4 Å². The summed E-state index contributed by atoms with van der Waals surface area (Å²) < 4.78 is 5.73. The van der Waals surface area contributed by atoms with E-state index in [-0.39, 0.29) is 28.1 Å². The number of aromatic nitrogens is 4. The number of carboxylic acid groups (broad SMARTS) is 1. The number of nitrogens with one attached hydrogen (secondary N) is 1. The Morgan fingerprint density at radius 1 is 1.40 bits per heavy atom. The Morgan fingerprint density at radius 3 is 2.69 bits per heavy atom. The number of carboxylic acids is 1. The maximum Gasteiger partial charge on any atom is 0.278 e. The fourth-order valence-corrected chi connectivity index (χ4v) is 5.70. The van der Waals surface area contributed by atoms with Crippen molar-refractivity contribution < 1.29 is 28.9 Å². The van der Waals surface area contributed by atoms with Crippen molar-refractivity contribution in [1.29, 1.82) is 0 Å². The predicted octanol–water partition coefficient (Wildman–Crippen LogP) is -2.68. The van der Waals surface area contributed by atoms with Gasteiger partial charge in [-0.25, -0.2) is 4.90 Å². The number of hydrogen-bond acceptors (Lipinski definition) is 13. The lowest BCUT2D eigenvalue weighted by molar-refractivity contribution is -0.733. The van der Waals surface area contributed by atoms with E-state index in [4.69, 9.17) is 10.6 Å². The Bertz CT molecular complexity index is 1220. The third-order valence-electron chi connectivity index (χ3n) is 5.26. The summed E-state index contributed by atoms with van der Waals surface area (Å²) >= 11 is 2.20. The van der Waals surface area contributed by atoms with Crippen LogP contribution in [0.3, 0.4) is 0 Å². The zero-order chi connectivity index (χ0) is 25.3. The monoisotopic (exact) mass is 519 g/mol. The van der Waals surface area contributed by atoms with Crippen LogP contribution < -0.4 is 20.7 Å². The number of carbonyl (C=O) groups excluding carboxylic acids is 3. The van der Waals surface area contributed by atoms with Crippen LogP contribution in [0.15, 0.2) is 41.2 Å². The number of oxime groups is 1. The van der Waals surface area contributed by atoms with Crippen molar-refractivity contribution in [3.05, 3.63) is 41.9 Å². The number of aliphatic carboxylic acids is 1. The number of anilines is 1. The van der Waals surface area contributed by atoms with Crippen molar-refractivity contribution in [1.82, 2.24) is 29.5 Å². The summed E-state index contributed by atoms with van der Waals surface area (Å²) in [7, 11) is 4.84. The number of carbonyl (C=O) groups is 3. The van der Waals surface area contributed by atoms with E-state index in [2.05, 4.69) is 24.8 Å². The van der Waals surface area contributed by atoms with Crippen molar-refractivity contribution in [3.63, 3.8) is 0 Å². The van der Waals surface area contributed by atoms with Crippen LogP contribution in [-0.4, -0.2) is 86.0 Å². The molecule has 0 saturated carbocycles. The minimum absolute atomic E-state index is 0.0485. The highest BCUT2D eigenvalue weighted by atomic mass is 32.2. The molecule has 4 heterocycles. The normalized spacial score (nSPS) is 20.9. The summed E-state index contributed by atoms with van der Waals surface area (Å²) in [4.78, 5) is 53.7. The van der Waals surface area contributed by atoms with Gasteiger partial charge in [0.1, 0.15) is 18.5 Å². The van der Waals surface area contributed by atoms with Gasteiger partial charge in [-0.1, -0.05) is 5.16 Å². The lowest BCUT2D eigenvalue weighted by Crippen LogP contribution is -2.72. The largest absolute Gasteiger partial charge is 0.543 e. The number of hydrogen-bond donors (Lipinski definition) is 2. The Labute approximate surface area is 207 Å². The number of nitrogen functional groups attached to an aromatic ring is 1. The summed E-state index contributed by atoms with van der Waals surface area (Å²) in [5.74, 6) is -2.59. The van der Waals surface area contributed by atoms with Gasteiger partial charge in [0.2, 0.25) is 17.7 Å². The first kappa shape index (κ1) is 24.5. The van der Waals surface area contributed by atoms with E-state index in [1.807, 2.05) is 4.90 Å². The zero-order valence-corrected chi connectivity index (χ0v) is 20.4. The van der Waals surface area contributed by atoms with E-state index in [0.29, 0.717) is 5.57 Å². The van der Waals surface area contributed by atoms with E-state index in [1.54, 1.807) is 43.4 Å². The van der Waals surface area contributed by atoms with Crippen molar-refractivity contribution in [2.75, 3.05) is 32.7 Å². The minimum atomic E-state index is -1.48. The van der Waals surface area contributed by atoms with Gasteiger partial charge in [-0.15, -0.1) is 11.8 Å². The number of rotatable bonds is 8. The Balaban J connectivity index is 1.61. The third-order valence-corrected chi connectivity index (χ3v) is 7.11. The standard InChI is InChI=1S/C19H21N9O5S2/c1-26(2)15(27-6-4-21-5-7-27)9-8-34-17-11(16(30)28(17)12(9)18(31)32)22-14(29)10(24-33-3)13-23-19(20)35-25-13/h4-7,11,15,17H,8H2,1-3H3,(H3-,20,22,23,25,29,31,32)/b24-10-/t11?,15?,17-/m1/s1. The van der Waals surface area contributed by atoms with Crippen molar-refractivity contribution in [2.24, 2.45) is 5.16 Å². The van der Waals surface area contributed by atoms with Crippen LogP contribution in [0.4, 0.5) is 5.13 Å². The van der Waals surface area contributed by atoms with Crippen LogP contribution in [0.5, 0.6) is 0 Å². The first-order valence-corrected chi connectivity index (χ1v) is 11.9. The maximum atomic E-state index is 13.1. The molecule has 184 valence electrons. The molecule has 14 nitrogen and oxygen atoms in total. The van der Waals surface area contributed by atoms with E-state index in [1.165, 1.54) is 18.9 Å². The van der Waals surface area contributed by atoms with Crippen LogP contribution >= 0.6 is 23.3 Å². The second-order valence-electron chi connectivity index (χ2n) is 7.63. The number of likely N-dealkylation sites (N-methyl/N-ethyl adjacent to an activating group) is 1. The van der Waals surface area contributed by atoms with Crippen LogP contribution in [0.1, 0.15) is 12.0 Å². The number of amides is 2. The first-order valence-electron chi connectivity index (χ1n) is 10.1. The topological polar surface area (TPSA) is 183 Å². The Hall–Kier alpha value is -3.63. The van der Waals surface area contributed by atoms with Crippen LogP contribution in [0.25, 0.3) is 0 Å². The van der Waals surface area contributed by atoms with Gasteiger partial charge in [0.05, 0.1) is 24.1 Å². The van der Waals surface area contributed by atoms with Crippen molar-refractivity contribution in [3.8, 4) is 0 Å². The molecule has 2 aromatic heterocycles. The van der Waals surface area contributed by atoms with Gasteiger partial charge in [0, 0.05) is 22.9 Å². The van der Waals surface area contributed by atoms with Gasteiger partial charge in [-0.2, -0.15) is 13.9 Å². The number of fused-ring (bicyclic) bond motifs is 1. The molecular formula is C19H21N9O5S2. The maximum absolute atomic E-state index is 13.1. The molecular weight excluding hydrogens is 498 g/mol. The molecule has 2 unspecified atom stereocenters. The van der Waals surface area contributed by atoms with E-state index >= 15 is 0 Å². The molecule has 4 rings (SSSR count). The molecule has 2 amide bonds. The van der Waals surface area contributed by atoms with Gasteiger partial charge in [-0.3, -0.25) is 19.5 Å².